The second kappa shape index (κ2) is 12.1. The third-order valence-electron chi connectivity index (χ3n) is 7.07. The van der Waals surface area contributed by atoms with E-state index < -0.39 is 5.60 Å². The zero-order valence-corrected chi connectivity index (χ0v) is 23.5. The smallest absolute Gasteiger partial charge is 0.247 e. The van der Waals surface area contributed by atoms with E-state index in [-0.39, 0.29) is 12.5 Å². The number of anilines is 4. The summed E-state index contributed by atoms with van der Waals surface area (Å²) in [7, 11) is 0. The number of piperazine rings is 1. The van der Waals surface area contributed by atoms with E-state index in [1.165, 1.54) is 6.08 Å². The van der Waals surface area contributed by atoms with Gasteiger partial charge in [-0.05, 0) is 55.8 Å². The number of β-amino-alcohol motifs (C(OH)–C–C–N with tert-alkyl or cyclic N) is 1. The third kappa shape index (κ3) is 6.89. The molecule has 1 aliphatic heterocycles. The first kappa shape index (κ1) is 28.2. The number of amides is 1. The molecule has 2 heterocycles. The summed E-state index contributed by atoms with van der Waals surface area (Å²) >= 11 is 0. The van der Waals surface area contributed by atoms with Crippen LogP contribution in [0.3, 0.4) is 0 Å². The number of nitrogens with zero attached hydrogens (tertiary/aromatic N) is 4. The molecule has 5 rings (SSSR count). The number of carbonyl (C=O) groups is 1. The van der Waals surface area contributed by atoms with Gasteiger partial charge in [0.15, 0.2) is 0 Å². The molecule has 0 aliphatic carbocycles. The van der Waals surface area contributed by atoms with E-state index in [0.717, 1.165) is 65.1 Å². The van der Waals surface area contributed by atoms with Gasteiger partial charge in [0.25, 0.3) is 0 Å². The van der Waals surface area contributed by atoms with Crippen LogP contribution in [0, 0.1) is 0 Å². The van der Waals surface area contributed by atoms with Crippen LogP contribution in [0.15, 0.2) is 79.5 Å². The molecule has 1 amide bonds. The summed E-state index contributed by atoms with van der Waals surface area (Å²) in [6.45, 7) is 11.1. The van der Waals surface area contributed by atoms with Crippen molar-refractivity contribution in [1.29, 1.82) is 0 Å². The van der Waals surface area contributed by atoms with E-state index in [4.69, 9.17) is 4.98 Å². The Morgan fingerprint density at radius 3 is 2.56 bits per heavy atom. The van der Waals surface area contributed by atoms with Crippen LogP contribution < -0.4 is 15.5 Å². The molecule has 0 bridgehead atoms. The SMILES string of the molecule is C=CC(=O)Nc1cccc(-c2cccc3cnc(Nc4ccc(N5CCN(CC(C)(C)O)CC5)c(CO)c4)nc23)c1. The van der Waals surface area contributed by atoms with Gasteiger partial charge in [-0.25, -0.2) is 9.97 Å². The molecule has 0 spiro atoms. The monoisotopic (exact) mass is 552 g/mol. The van der Waals surface area contributed by atoms with Crippen LogP contribution in [0.1, 0.15) is 19.4 Å². The molecule has 4 aromatic rings. The molecular weight excluding hydrogens is 516 g/mol. The van der Waals surface area contributed by atoms with Crippen LogP contribution in [-0.2, 0) is 11.4 Å². The molecular formula is C32H36N6O3. The topological polar surface area (TPSA) is 114 Å². The average molecular weight is 553 g/mol. The Morgan fingerprint density at radius 2 is 1.83 bits per heavy atom. The summed E-state index contributed by atoms with van der Waals surface area (Å²) in [5.41, 5.74) is 5.17. The maximum absolute atomic E-state index is 11.8. The molecule has 9 heteroatoms. The number of carbonyl (C=O) groups excluding carboxylic acids is 1. The first-order valence-electron chi connectivity index (χ1n) is 13.7. The number of aliphatic hydroxyl groups is 2. The van der Waals surface area contributed by atoms with Gasteiger partial charge in [0.1, 0.15) is 0 Å². The zero-order valence-electron chi connectivity index (χ0n) is 23.5. The Hall–Kier alpha value is -4.31. The maximum Gasteiger partial charge on any atom is 0.247 e. The molecule has 0 saturated carbocycles. The van der Waals surface area contributed by atoms with Gasteiger partial charge in [0.05, 0.1) is 17.7 Å². The Kier molecular flexibility index (Phi) is 8.30. The molecule has 0 radical (unpaired) electrons. The van der Waals surface area contributed by atoms with Gasteiger partial charge in [-0.15, -0.1) is 0 Å². The van der Waals surface area contributed by atoms with Crippen LogP contribution in [-0.4, -0.2) is 69.3 Å². The lowest BCUT2D eigenvalue weighted by Gasteiger charge is -2.39. The number of aromatic nitrogens is 2. The zero-order chi connectivity index (χ0) is 29.0. The van der Waals surface area contributed by atoms with Crippen molar-refractivity contribution < 1.29 is 15.0 Å². The van der Waals surface area contributed by atoms with Crippen LogP contribution in [0.2, 0.25) is 0 Å². The normalized spacial score (nSPS) is 14.2. The standard InChI is InChI=1S/C32H36N6O3/c1-4-29(40)34-25-9-5-7-22(17-25)27-10-6-8-23-19-33-31(36-30(23)27)35-26-11-12-28(24(18-26)20-39)38-15-13-37(14-16-38)21-32(2,3)41/h4-12,17-19,39,41H,1,13-16,20-21H2,2-3H3,(H,34,40)(H,33,35,36). The minimum Gasteiger partial charge on any atom is -0.392 e. The van der Waals surface area contributed by atoms with Gasteiger partial charge in [-0.2, -0.15) is 0 Å². The van der Waals surface area contributed by atoms with E-state index in [9.17, 15) is 15.0 Å². The largest absolute Gasteiger partial charge is 0.392 e. The van der Waals surface area contributed by atoms with Crippen LogP contribution in [0.5, 0.6) is 0 Å². The Labute approximate surface area is 240 Å². The molecule has 1 aromatic heterocycles. The lowest BCUT2D eigenvalue weighted by atomic mass is 10.0. The molecule has 41 heavy (non-hydrogen) atoms. The molecule has 0 unspecified atom stereocenters. The van der Waals surface area contributed by atoms with Crippen LogP contribution >= 0.6 is 0 Å². The predicted octanol–water partition coefficient (Wildman–Crippen LogP) is 4.55. The van der Waals surface area contributed by atoms with E-state index >= 15 is 0 Å². The fourth-order valence-electron chi connectivity index (χ4n) is 5.23. The summed E-state index contributed by atoms with van der Waals surface area (Å²) in [6.07, 6.45) is 3.02. The van der Waals surface area contributed by atoms with Crippen molar-refractivity contribution in [2.45, 2.75) is 26.1 Å². The van der Waals surface area contributed by atoms with Crippen molar-refractivity contribution in [2.75, 3.05) is 48.3 Å². The minimum atomic E-state index is -0.718. The third-order valence-corrected chi connectivity index (χ3v) is 7.07. The van der Waals surface area contributed by atoms with Gasteiger partial charge < -0.3 is 25.7 Å². The Bertz CT molecular complexity index is 1560. The highest BCUT2D eigenvalue weighted by Gasteiger charge is 2.24. The van der Waals surface area contributed by atoms with E-state index in [1.807, 2.05) is 74.5 Å². The lowest BCUT2D eigenvalue weighted by Crippen LogP contribution is -2.50. The average Bonchev–Trinajstić information content (AvgIpc) is 2.96. The van der Waals surface area contributed by atoms with Gasteiger partial charge in [-0.3, -0.25) is 9.69 Å². The van der Waals surface area contributed by atoms with Gasteiger partial charge in [0.2, 0.25) is 11.9 Å². The highest BCUT2D eigenvalue weighted by atomic mass is 16.3. The first-order chi connectivity index (χ1) is 19.7. The maximum atomic E-state index is 11.8. The quantitative estimate of drug-likeness (QED) is 0.224. The van der Waals surface area contributed by atoms with Crippen molar-refractivity contribution >= 4 is 39.8 Å². The van der Waals surface area contributed by atoms with E-state index in [2.05, 4.69) is 32.0 Å². The number of rotatable bonds is 9. The molecule has 1 aliphatic rings. The second-order valence-corrected chi connectivity index (χ2v) is 10.9. The number of hydrogen-bond donors (Lipinski definition) is 4. The van der Waals surface area contributed by atoms with Gasteiger partial charge in [0, 0.05) is 72.5 Å². The summed E-state index contributed by atoms with van der Waals surface area (Å²) < 4.78 is 0. The van der Waals surface area contributed by atoms with Crippen LogP contribution in [0.25, 0.3) is 22.0 Å². The highest BCUT2D eigenvalue weighted by Crippen LogP contribution is 2.31. The Morgan fingerprint density at radius 1 is 1.05 bits per heavy atom. The first-order valence-corrected chi connectivity index (χ1v) is 13.7. The molecule has 3 aromatic carbocycles. The predicted molar refractivity (Wildman–Crippen MR) is 164 cm³/mol. The number of nitrogens with one attached hydrogen (secondary N) is 2. The highest BCUT2D eigenvalue weighted by molar-refractivity contribution is 6.00. The summed E-state index contributed by atoms with van der Waals surface area (Å²) in [5, 5.41) is 27.3. The van der Waals surface area contributed by atoms with Crippen molar-refractivity contribution in [3.05, 3.63) is 85.1 Å². The van der Waals surface area contributed by atoms with Crippen molar-refractivity contribution in [3.63, 3.8) is 0 Å². The summed E-state index contributed by atoms with van der Waals surface area (Å²) in [4.78, 5) is 25.7. The fraction of sp³-hybridized carbons (Fsp3) is 0.281. The molecule has 1 fully saturated rings. The molecule has 0 atom stereocenters. The summed E-state index contributed by atoms with van der Waals surface area (Å²) in [6, 6.07) is 19.4. The minimum absolute atomic E-state index is 0.0871. The number of benzene rings is 3. The number of aliphatic hydroxyl groups excluding tert-OH is 1. The number of hydrogen-bond acceptors (Lipinski definition) is 8. The van der Waals surface area contributed by atoms with Gasteiger partial charge in [-0.1, -0.05) is 36.9 Å². The van der Waals surface area contributed by atoms with Crippen molar-refractivity contribution in [3.8, 4) is 11.1 Å². The number of fused-ring (bicyclic) bond motifs is 1. The Balaban J connectivity index is 1.36. The number of para-hydroxylation sites is 1. The molecule has 4 N–H and O–H groups in total. The molecule has 9 nitrogen and oxygen atoms in total. The molecule has 1 saturated heterocycles. The van der Waals surface area contributed by atoms with E-state index in [0.29, 0.717) is 18.2 Å². The van der Waals surface area contributed by atoms with Gasteiger partial charge >= 0.3 is 0 Å². The molecule has 212 valence electrons. The van der Waals surface area contributed by atoms with E-state index in [1.54, 1.807) is 6.20 Å². The van der Waals surface area contributed by atoms with Crippen LogP contribution in [0.4, 0.5) is 23.0 Å². The van der Waals surface area contributed by atoms with Crippen molar-refractivity contribution in [1.82, 2.24) is 14.9 Å². The summed E-state index contributed by atoms with van der Waals surface area (Å²) in [5.74, 6) is 0.174. The van der Waals surface area contributed by atoms with Crippen molar-refractivity contribution in [2.24, 2.45) is 0 Å². The fourth-order valence-corrected chi connectivity index (χ4v) is 5.23. The lowest BCUT2D eigenvalue weighted by molar-refractivity contribution is -0.111. The second-order valence-electron chi connectivity index (χ2n) is 10.9.